The first-order valence-electron chi connectivity index (χ1n) is 28.3. The van der Waals surface area contributed by atoms with Crippen LogP contribution in [0, 0.1) is 0 Å². The molecule has 0 atom stereocenters. The van der Waals surface area contributed by atoms with Crippen molar-refractivity contribution in [3.05, 3.63) is 166 Å². The molecule has 5 nitrogen and oxygen atoms in total. The van der Waals surface area contributed by atoms with Gasteiger partial charge < -0.3 is 24.8 Å². The molecule has 6 aromatic rings. The first kappa shape index (κ1) is 52.1. The van der Waals surface area contributed by atoms with Gasteiger partial charge in [0.15, 0.2) is 0 Å². The predicted molar refractivity (Wildman–Crippen MR) is 302 cm³/mol. The topological polar surface area (TPSA) is 90.2 Å². The van der Waals surface area contributed by atoms with Gasteiger partial charge in [-0.25, -0.2) is 0 Å². The number of hydrogen-bond acceptors (Lipinski definition) is 5. The molecule has 6 aromatic carbocycles. The van der Waals surface area contributed by atoms with E-state index in [2.05, 4.69) is 131 Å². The Morgan fingerprint density at radius 2 is 0.764 bits per heavy atom. The van der Waals surface area contributed by atoms with Crippen LogP contribution in [0.4, 0.5) is 0 Å². The Morgan fingerprint density at radius 1 is 0.389 bits per heavy atom. The third kappa shape index (κ3) is 9.40. The fourth-order valence-electron chi connectivity index (χ4n) is 13.8. The lowest BCUT2D eigenvalue weighted by atomic mass is 9.62. The van der Waals surface area contributed by atoms with Gasteiger partial charge in [0.05, 0.1) is 18.6 Å². The van der Waals surface area contributed by atoms with Crippen LogP contribution in [0.25, 0.3) is 33.4 Å². The van der Waals surface area contributed by atoms with Gasteiger partial charge in [-0.2, -0.15) is 0 Å². The SMILES string of the molecule is CCCCCCC1(CCCCCC)c2ccccc2-c2ccc(C3(c4ccc5c(c4)C(CCCCCC)(CCCCCC)c4ccccc4-5)c4cc(B(O)O)ccc4-c4ccc(B(O)OCCO)cc43)cc21. The minimum Gasteiger partial charge on any atom is -0.423 e. The van der Waals surface area contributed by atoms with E-state index >= 15 is 0 Å². The maximum Gasteiger partial charge on any atom is 0.491 e. The van der Waals surface area contributed by atoms with E-state index in [0.29, 0.717) is 10.9 Å². The zero-order chi connectivity index (χ0) is 50.3. The fourth-order valence-corrected chi connectivity index (χ4v) is 13.8. The molecule has 0 radical (unpaired) electrons. The van der Waals surface area contributed by atoms with E-state index < -0.39 is 19.7 Å². The Labute approximate surface area is 432 Å². The lowest BCUT2D eigenvalue weighted by molar-refractivity contribution is 0.183. The number of benzene rings is 6. The normalized spacial score (nSPS) is 14.9. The maximum atomic E-state index is 11.7. The van der Waals surface area contributed by atoms with Gasteiger partial charge in [-0.1, -0.05) is 252 Å². The molecule has 0 bridgehead atoms. The van der Waals surface area contributed by atoms with Crippen molar-refractivity contribution < 1.29 is 24.8 Å². The Hall–Kier alpha value is -4.75. The standard InChI is InChI=1S/C65H80B2O5/c1-5-9-13-21-37-63(38-22-14-10-6-2)57-27-19-17-25-51(57)53-33-29-47(43-59(53)63)65(61-45-49(66(69)70)31-35-55(61)56-36-32-50(46-62(56)65)67(71)72-42-41-68)48-30-34-54-52-26-18-20-28-58(52)64(60(54)44-48,39-23-15-11-7-3)40-24-16-12-8-4/h17-20,25-36,43-46,68-71H,5-16,21-24,37-42H2,1-4H3. The lowest BCUT2D eigenvalue weighted by Crippen LogP contribution is -2.37. The van der Waals surface area contributed by atoms with E-state index in [9.17, 15) is 20.2 Å². The molecule has 0 heterocycles. The third-order valence-corrected chi connectivity index (χ3v) is 17.4. The minimum absolute atomic E-state index is 0.00925. The number of hydrogen-bond donors (Lipinski definition) is 4. The van der Waals surface area contributed by atoms with Gasteiger partial charge in [0.1, 0.15) is 0 Å². The van der Waals surface area contributed by atoms with Crippen LogP contribution >= 0.6 is 0 Å². The zero-order valence-electron chi connectivity index (χ0n) is 44.0. The Kier molecular flexibility index (Phi) is 16.8. The molecule has 0 unspecified atom stereocenters. The average Bonchev–Trinajstić information content (AvgIpc) is 3.97. The van der Waals surface area contributed by atoms with Crippen LogP contribution in [0.15, 0.2) is 121 Å². The molecule has 0 amide bonds. The van der Waals surface area contributed by atoms with Gasteiger partial charge >= 0.3 is 14.2 Å². The molecule has 72 heavy (non-hydrogen) atoms. The van der Waals surface area contributed by atoms with E-state index in [1.54, 1.807) is 0 Å². The molecule has 376 valence electrons. The van der Waals surface area contributed by atoms with Gasteiger partial charge in [0.2, 0.25) is 0 Å². The van der Waals surface area contributed by atoms with Crippen molar-refractivity contribution in [1.29, 1.82) is 0 Å². The summed E-state index contributed by atoms with van der Waals surface area (Å²) < 4.78 is 5.85. The van der Waals surface area contributed by atoms with Gasteiger partial charge in [-0.3, -0.25) is 0 Å². The molecule has 3 aliphatic carbocycles. The quantitative estimate of drug-likeness (QED) is 0.0305. The number of aliphatic hydroxyl groups excluding tert-OH is 1. The van der Waals surface area contributed by atoms with Crippen LogP contribution < -0.4 is 10.9 Å². The number of rotatable bonds is 27. The highest BCUT2D eigenvalue weighted by Gasteiger charge is 2.51. The van der Waals surface area contributed by atoms with Crippen molar-refractivity contribution in [2.45, 2.75) is 172 Å². The monoisotopic (exact) mass is 963 g/mol. The molecule has 0 aliphatic heterocycles. The molecule has 0 aromatic heterocycles. The Morgan fingerprint density at radius 3 is 1.18 bits per heavy atom. The predicted octanol–water partition coefficient (Wildman–Crippen LogP) is 13.8. The molecular weight excluding hydrogens is 882 g/mol. The summed E-state index contributed by atoms with van der Waals surface area (Å²) in [6, 6.07) is 45.3. The lowest BCUT2D eigenvalue weighted by Gasteiger charge is -2.38. The number of fused-ring (bicyclic) bond motifs is 9. The highest BCUT2D eigenvalue weighted by Crippen LogP contribution is 2.62. The molecule has 0 fully saturated rings. The molecular formula is C65H80B2O5. The summed E-state index contributed by atoms with van der Waals surface area (Å²) in [4.78, 5) is 0. The second kappa shape index (κ2) is 23.2. The second-order valence-corrected chi connectivity index (χ2v) is 21.7. The summed E-state index contributed by atoms with van der Waals surface area (Å²) in [6.45, 7) is 9.01. The summed E-state index contributed by atoms with van der Waals surface area (Å²) in [5.74, 6) is 0. The van der Waals surface area contributed by atoms with Crippen molar-refractivity contribution >= 4 is 25.2 Å². The first-order valence-corrected chi connectivity index (χ1v) is 28.3. The van der Waals surface area contributed by atoms with E-state index in [0.717, 1.165) is 84.7 Å². The van der Waals surface area contributed by atoms with Gasteiger partial charge in [-0.05, 0) is 114 Å². The second-order valence-electron chi connectivity index (χ2n) is 21.7. The van der Waals surface area contributed by atoms with Crippen molar-refractivity contribution in [3.63, 3.8) is 0 Å². The number of aliphatic hydroxyl groups is 1. The van der Waals surface area contributed by atoms with Crippen LogP contribution in [0.5, 0.6) is 0 Å². The third-order valence-electron chi connectivity index (χ3n) is 17.4. The fraction of sp³-hybridized carbons (Fsp3) is 0.446. The Balaban J connectivity index is 1.36. The van der Waals surface area contributed by atoms with Gasteiger partial charge in [0, 0.05) is 10.8 Å². The average molecular weight is 963 g/mol. The molecule has 0 saturated carbocycles. The molecule has 4 N–H and O–H groups in total. The number of unbranched alkanes of at least 4 members (excludes halogenated alkanes) is 12. The Bertz CT molecular complexity index is 2640. The van der Waals surface area contributed by atoms with Crippen molar-refractivity contribution in [2.75, 3.05) is 13.2 Å². The summed E-state index contributed by atoms with van der Waals surface area (Å²) in [6.07, 6.45) is 23.5. The van der Waals surface area contributed by atoms with Crippen LogP contribution in [-0.2, 0) is 20.9 Å². The van der Waals surface area contributed by atoms with Crippen LogP contribution in [0.3, 0.4) is 0 Å². The van der Waals surface area contributed by atoms with E-state index in [4.69, 9.17) is 4.65 Å². The summed E-state index contributed by atoms with van der Waals surface area (Å²) in [5.41, 5.74) is 17.2. The smallest absolute Gasteiger partial charge is 0.423 e. The summed E-state index contributed by atoms with van der Waals surface area (Å²) in [7, 11) is -2.91. The van der Waals surface area contributed by atoms with Gasteiger partial charge in [-0.15, -0.1) is 0 Å². The largest absolute Gasteiger partial charge is 0.491 e. The zero-order valence-corrected chi connectivity index (χ0v) is 44.0. The maximum absolute atomic E-state index is 11.7. The van der Waals surface area contributed by atoms with Crippen LogP contribution in [-0.4, -0.2) is 47.6 Å². The highest BCUT2D eigenvalue weighted by molar-refractivity contribution is 6.60. The summed E-state index contributed by atoms with van der Waals surface area (Å²) >= 11 is 0. The molecule has 0 spiro atoms. The minimum atomic E-state index is -1.66. The van der Waals surface area contributed by atoms with Crippen LogP contribution in [0.1, 0.15) is 201 Å². The molecule has 9 rings (SSSR count). The van der Waals surface area contributed by atoms with Crippen LogP contribution in [0.2, 0.25) is 0 Å². The summed E-state index contributed by atoms with van der Waals surface area (Å²) in [5, 5.41) is 43.6. The van der Waals surface area contributed by atoms with Crippen molar-refractivity contribution in [2.24, 2.45) is 0 Å². The van der Waals surface area contributed by atoms with E-state index in [1.807, 2.05) is 18.2 Å². The van der Waals surface area contributed by atoms with E-state index in [1.165, 1.54) is 122 Å². The molecule has 3 aliphatic rings. The van der Waals surface area contributed by atoms with Gasteiger partial charge in [0.25, 0.3) is 0 Å². The molecule has 7 heteroatoms. The first-order chi connectivity index (χ1) is 35.2. The molecule has 0 saturated heterocycles. The van der Waals surface area contributed by atoms with Crippen molar-refractivity contribution in [1.82, 2.24) is 0 Å². The highest BCUT2D eigenvalue weighted by atomic mass is 16.5. The van der Waals surface area contributed by atoms with E-state index in [-0.39, 0.29) is 24.0 Å². The van der Waals surface area contributed by atoms with Crippen molar-refractivity contribution in [3.8, 4) is 33.4 Å².